The fourth-order valence-corrected chi connectivity index (χ4v) is 2.07. The molecule has 22 heavy (non-hydrogen) atoms. The molecule has 0 radical (unpaired) electrons. The summed E-state index contributed by atoms with van der Waals surface area (Å²) in [6.45, 7) is 0.656. The molecule has 0 aromatic rings. The Bertz CT molecular complexity index is 286. The predicted molar refractivity (Wildman–Crippen MR) is 65.0 cm³/mol. The molecule has 3 heterocycles. The van der Waals surface area contributed by atoms with E-state index in [-0.39, 0.29) is 39.6 Å². The normalized spacial score (nSPS) is 43.9. The maximum absolute atomic E-state index is 9.13. The molecule has 10 nitrogen and oxygen atoms in total. The van der Waals surface area contributed by atoms with Crippen LogP contribution in [0.25, 0.3) is 0 Å². The maximum atomic E-state index is 9.13. The van der Waals surface area contributed by atoms with E-state index < -0.39 is 37.7 Å². The topological polar surface area (TPSA) is 114 Å². The fraction of sp³-hybridized carbons (Fsp3) is 1.00. The molecule has 0 aromatic carbocycles. The monoisotopic (exact) mass is 324 g/mol. The van der Waals surface area contributed by atoms with E-state index in [2.05, 4.69) is 0 Å². The minimum Gasteiger partial charge on any atom is -0.366 e. The molecule has 3 aliphatic rings. The van der Waals surface area contributed by atoms with Gasteiger partial charge in [0.2, 0.25) is 0 Å². The van der Waals surface area contributed by atoms with E-state index in [0.717, 1.165) is 0 Å². The van der Waals surface area contributed by atoms with Crippen LogP contribution in [0.4, 0.5) is 0 Å². The van der Waals surface area contributed by atoms with Crippen molar-refractivity contribution < 1.29 is 48.1 Å². The van der Waals surface area contributed by atoms with Gasteiger partial charge in [0, 0.05) is 0 Å². The highest BCUT2D eigenvalue weighted by Crippen LogP contribution is 2.17. The third-order valence-corrected chi connectivity index (χ3v) is 3.14. The third-order valence-electron chi connectivity index (χ3n) is 3.14. The van der Waals surface area contributed by atoms with Crippen molar-refractivity contribution in [3.8, 4) is 0 Å². The van der Waals surface area contributed by atoms with Crippen molar-refractivity contribution in [1.29, 1.82) is 0 Å². The maximum Gasteiger partial charge on any atom is 0.184 e. The second-order valence-electron chi connectivity index (χ2n) is 4.90. The Morgan fingerprint density at radius 1 is 0.500 bits per heavy atom. The summed E-state index contributed by atoms with van der Waals surface area (Å²) in [7, 11) is 0. The average Bonchev–Trinajstić information content (AvgIpc) is 2.54. The summed E-state index contributed by atoms with van der Waals surface area (Å²) < 4.78 is 42.3. The predicted octanol–water partition coefficient (Wildman–Crippen LogP) is -1.90. The zero-order valence-electron chi connectivity index (χ0n) is 11.9. The van der Waals surface area contributed by atoms with Crippen LogP contribution in [-0.2, 0) is 37.9 Å². The van der Waals surface area contributed by atoms with E-state index in [4.69, 9.17) is 48.1 Å². The molecule has 10 heteroatoms. The van der Waals surface area contributed by atoms with Crippen LogP contribution in [0.1, 0.15) is 0 Å². The molecule has 3 rings (SSSR count). The van der Waals surface area contributed by atoms with Gasteiger partial charge in [-0.05, 0) is 0 Å². The van der Waals surface area contributed by atoms with Gasteiger partial charge in [0.15, 0.2) is 37.7 Å². The molecule has 6 unspecified atom stereocenters. The van der Waals surface area contributed by atoms with Crippen molar-refractivity contribution in [3.63, 3.8) is 0 Å². The molecule has 128 valence electrons. The first-order valence-corrected chi connectivity index (χ1v) is 7.05. The Balaban J connectivity index is 1.32. The Kier molecular flexibility index (Phi) is 5.93. The van der Waals surface area contributed by atoms with Gasteiger partial charge in [-0.3, -0.25) is 0 Å². The molecule has 0 spiro atoms. The smallest absolute Gasteiger partial charge is 0.184 e. The molecule has 3 aliphatic heterocycles. The lowest BCUT2D eigenvalue weighted by molar-refractivity contribution is -0.374. The molecule has 2 N–H and O–H groups in total. The molecule has 0 aliphatic carbocycles. The molecule has 3 saturated heterocycles. The van der Waals surface area contributed by atoms with Crippen molar-refractivity contribution in [3.05, 3.63) is 0 Å². The lowest BCUT2D eigenvalue weighted by Gasteiger charge is -2.35. The summed E-state index contributed by atoms with van der Waals surface area (Å²) in [4.78, 5) is 0. The fourth-order valence-electron chi connectivity index (χ4n) is 2.07. The number of rotatable bonds is 4. The minimum atomic E-state index is -0.919. The van der Waals surface area contributed by atoms with E-state index in [1.54, 1.807) is 0 Å². The van der Waals surface area contributed by atoms with Gasteiger partial charge in [0.25, 0.3) is 0 Å². The van der Waals surface area contributed by atoms with Crippen LogP contribution in [0.2, 0.25) is 0 Å². The summed E-state index contributed by atoms with van der Waals surface area (Å²) in [5.41, 5.74) is 0. The first kappa shape index (κ1) is 16.5. The zero-order chi connectivity index (χ0) is 15.4. The lowest BCUT2D eigenvalue weighted by atomic mass is 10.5. The molecule has 3 fully saturated rings. The van der Waals surface area contributed by atoms with Crippen LogP contribution in [0.3, 0.4) is 0 Å². The Labute approximate surface area is 126 Å². The van der Waals surface area contributed by atoms with Crippen LogP contribution in [0, 0.1) is 0 Å². The first-order chi connectivity index (χ1) is 10.7. The average molecular weight is 324 g/mol. The van der Waals surface area contributed by atoms with Gasteiger partial charge in [0.1, 0.15) is 39.6 Å². The second-order valence-corrected chi connectivity index (χ2v) is 4.90. The summed E-state index contributed by atoms with van der Waals surface area (Å²) in [6, 6.07) is 0. The standard InChI is InChI=1S/C12H20O10/c13-7-1-17-9(3-15-7)21-11-5-20-12(6-19-11)22-10-4-16-8(14)2-18-10/h7-14H,1-6H2. The first-order valence-electron chi connectivity index (χ1n) is 7.05. The van der Waals surface area contributed by atoms with Crippen molar-refractivity contribution in [2.75, 3.05) is 39.6 Å². The van der Waals surface area contributed by atoms with Gasteiger partial charge in [-0.1, -0.05) is 0 Å². The number of aliphatic hydroxyl groups excluding tert-OH is 2. The molecule has 0 bridgehead atoms. The van der Waals surface area contributed by atoms with Crippen LogP contribution >= 0.6 is 0 Å². The molecular weight excluding hydrogens is 304 g/mol. The highest BCUT2D eigenvalue weighted by molar-refractivity contribution is 4.60. The zero-order valence-corrected chi connectivity index (χ0v) is 11.9. The number of ether oxygens (including phenoxy) is 8. The van der Waals surface area contributed by atoms with Gasteiger partial charge in [0.05, 0.1) is 0 Å². The summed E-state index contributed by atoms with van der Waals surface area (Å²) >= 11 is 0. The summed E-state index contributed by atoms with van der Waals surface area (Å²) in [6.07, 6.45) is -4.25. The highest BCUT2D eigenvalue weighted by Gasteiger charge is 2.31. The Morgan fingerprint density at radius 2 is 0.818 bits per heavy atom. The van der Waals surface area contributed by atoms with Gasteiger partial charge in [-0.15, -0.1) is 0 Å². The van der Waals surface area contributed by atoms with Gasteiger partial charge >= 0.3 is 0 Å². The highest BCUT2D eigenvalue weighted by atomic mass is 16.8. The number of hydrogen-bond donors (Lipinski definition) is 2. The number of hydrogen-bond acceptors (Lipinski definition) is 10. The van der Waals surface area contributed by atoms with Crippen molar-refractivity contribution in [2.24, 2.45) is 0 Å². The third kappa shape index (κ3) is 4.80. The van der Waals surface area contributed by atoms with E-state index in [1.165, 1.54) is 0 Å². The van der Waals surface area contributed by atoms with Crippen LogP contribution < -0.4 is 0 Å². The lowest BCUT2D eigenvalue weighted by Crippen LogP contribution is -2.46. The number of aliphatic hydroxyl groups is 2. The SMILES string of the molecule is OC1COC(OC2COC(OC3COC(O)CO3)CO2)CO1. The summed E-state index contributed by atoms with van der Waals surface area (Å²) in [5.74, 6) is 0. The van der Waals surface area contributed by atoms with Crippen LogP contribution in [0.15, 0.2) is 0 Å². The van der Waals surface area contributed by atoms with Crippen LogP contribution in [-0.4, -0.2) is 87.6 Å². The molecular formula is C12H20O10. The minimum absolute atomic E-state index is 0.0504. The molecule has 0 aromatic heterocycles. The van der Waals surface area contributed by atoms with E-state index >= 15 is 0 Å². The van der Waals surface area contributed by atoms with Crippen molar-refractivity contribution >= 4 is 0 Å². The Hall–Kier alpha value is -0.400. The largest absolute Gasteiger partial charge is 0.366 e. The van der Waals surface area contributed by atoms with E-state index in [1.807, 2.05) is 0 Å². The molecule has 0 saturated carbocycles. The van der Waals surface area contributed by atoms with Crippen molar-refractivity contribution in [2.45, 2.75) is 37.7 Å². The van der Waals surface area contributed by atoms with E-state index in [9.17, 15) is 0 Å². The molecule has 0 amide bonds. The Morgan fingerprint density at radius 3 is 1.09 bits per heavy atom. The summed E-state index contributed by atoms with van der Waals surface area (Å²) in [5, 5.41) is 18.3. The van der Waals surface area contributed by atoms with Gasteiger partial charge in [-0.25, -0.2) is 0 Å². The van der Waals surface area contributed by atoms with Gasteiger partial charge < -0.3 is 48.1 Å². The van der Waals surface area contributed by atoms with Gasteiger partial charge in [-0.2, -0.15) is 0 Å². The second kappa shape index (κ2) is 7.93. The van der Waals surface area contributed by atoms with Crippen molar-refractivity contribution in [1.82, 2.24) is 0 Å². The molecule has 6 atom stereocenters. The van der Waals surface area contributed by atoms with E-state index in [0.29, 0.717) is 0 Å². The quantitative estimate of drug-likeness (QED) is 0.608. The van der Waals surface area contributed by atoms with Crippen LogP contribution in [0.5, 0.6) is 0 Å².